The third-order valence-electron chi connectivity index (χ3n) is 8.49. The molecule has 0 saturated heterocycles. The highest BCUT2D eigenvalue weighted by Gasteiger charge is 2.81. The van der Waals surface area contributed by atoms with Crippen LogP contribution >= 0.6 is 0 Å². The number of carbonyl (C=O) groups excluding carboxylic acids is 2. The van der Waals surface area contributed by atoms with Crippen LogP contribution in [0.25, 0.3) is 0 Å². The van der Waals surface area contributed by atoms with Gasteiger partial charge < -0.3 is 29.9 Å². The number of rotatable bonds is 3. The van der Waals surface area contributed by atoms with Gasteiger partial charge in [-0.25, -0.2) is 0 Å². The van der Waals surface area contributed by atoms with Crippen molar-refractivity contribution in [1.82, 2.24) is 0 Å². The zero-order valence-corrected chi connectivity index (χ0v) is 18.6. The molecule has 8 atom stereocenters. The first kappa shape index (κ1) is 22.5. The van der Waals surface area contributed by atoms with Crippen molar-refractivity contribution >= 4 is 11.9 Å². The molecule has 0 aromatic carbocycles. The molecular weight excluding hydrogens is 404 g/mol. The van der Waals surface area contributed by atoms with Crippen molar-refractivity contribution in [3.8, 4) is 0 Å². The first-order chi connectivity index (χ1) is 14.3. The Kier molecular flexibility index (Phi) is 4.81. The maximum absolute atomic E-state index is 12.0. The Morgan fingerprint density at radius 1 is 1.16 bits per heavy atom. The molecule has 0 amide bonds. The second-order valence-corrected chi connectivity index (χ2v) is 10.3. The number of carbonyl (C=O) groups is 2. The maximum atomic E-state index is 12.0. The Balaban J connectivity index is 1.93. The van der Waals surface area contributed by atoms with E-state index < -0.39 is 64.8 Å². The fraction of sp³-hybridized carbons (Fsp3) is 0.739. The number of esters is 2. The predicted octanol–water partition coefficient (Wildman–Crippen LogP) is 0.617. The fourth-order valence-electron chi connectivity index (χ4n) is 7.17. The molecular formula is C23H32O8. The quantitative estimate of drug-likeness (QED) is 0.374. The van der Waals surface area contributed by atoms with E-state index >= 15 is 0 Å². The third-order valence-corrected chi connectivity index (χ3v) is 8.49. The van der Waals surface area contributed by atoms with Gasteiger partial charge in [0.25, 0.3) is 0 Å². The molecule has 172 valence electrons. The second-order valence-electron chi connectivity index (χ2n) is 10.3. The van der Waals surface area contributed by atoms with E-state index in [4.69, 9.17) is 9.47 Å². The van der Waals surface area contributed by atoms with Gasteiger partial charge in [-0.15, -0.1) is 0 Å². The number of fused-ring (bicyclic) bond motifs is 3. The van der Waals surface area contributed by atoms with E-state index in [9.17, 15) is 30.0 Å². The first-order valence-electron chi connectivity index (χ1n) is 10.8. The van der Waals surface area contributed by atoms with Crippen LogP contribution in [0.3, 0.4) is 0 Å². The van der Waals surface area contributed by atoms with Gasteiger partial charge in [-0.05, 0) is 30.9 Å². The highest BCUT2D eigenvalue weighted by atomic mass is 16.6. The molecule has 0 radical (unpaired) electrons. The van der Waals surface area contributed by atoms with Crippen LogP contribution in [0.5, 0.6) is 0 Å². The topological polar surface area (TPSA) is 134 Å². The number of hydrogen-bond acceptors (Lipinski definition) is 8. The summed E-state index contributed by atoms with van der Waals surface area (Å²) in [4.78, 5) is 23.8. The van der Waals surface area contributed by atoms with Gasteiger partial charge in [-0.2, -0.15) is 0 Å². The highest BCUT2D eigenvalue weighted by Crippen LogP contribution is 2.75. The molecule has 0 aliphatic heterocycles. The number of hydrogen-bond donors (Lipinski definition) is 4. The first-order valence-corrected chi connectivity index (χ1v) is 10.8. The zero-order valence-electron chi connectivity index (χ0n) is 18.6. The summed E-state index contributed by atoms with van der Waals surface area (Å²) >= 11 is 0. The lowest BCUT2D eigenvalue weighted by Gasteiger charge is -2.49. The van der Waals surface area contributed by atoms with E-state index in [1.165, 1.54) is 13.8 Å². The van der Waals surface area contributed by atoms with E-state index in [-0.39, 0.29) is 17.9 Å². The minimum Gasteiger partial charge on any atom is -0.458 e. The number of ether oxygens (including phenoxy) is 2. The molecule has 0 aromatic rings. The van der Waals surface area contributed by atoms with Crippen LogP contribution in [-0.4, -0.2) is 68.5 Å². The second kappa shape index (κ2) is 6.63. The molecule has 1 unspecified atom stereocenters. The van der Waals surface area contributed by atoms with E-state index in [2.05, 4.69) is 0 Å². The molecule has 31 heavy (non-hydrogen) atoms. The number of aliphatic hydroxyl groups excluding tert-OH is 3. The van der Waals surface area contributed by atoms with Crippen molar-refractivity contribution < 1.29 is 39.5 Å². The molecule has 2 bridgehead atoms. The Morgan fingerprint density at radius 2 is 1.81 bits per heavy atom. The maximum Gasteiger partial charge on any atom is 0.303 e. The van der Waals surface area contributed by atoms with Gasteiger partial charge in [-0.1, -0.05) is 26.0 Å². The summed E-state index contributed by atoms with van der Waals surface area (Å²) in [6, 6.07) is 0. The van der Waals surface area contributed by atoms with E-state index in [0.717, 1.165) is 0 Å². The summed E-state index contributed by atoms with van der Waals surface area (Å²) in [5.74, 6) is -1.91. The van der Waals surface area contributed by atoms with Gasteiger partial charge in [0, 0.05) is 31.1 Å². The average molecular weight is 437 g/mol. The Bertz CT molecular complexity index is 890. The van der Waals surface area contributed by atoms with Crippen LogP contribution < -0.4 is 0 Å². The molecule has 8 heteroatoms. The van der Waals surface area contributed by atoms with E-state index in [1.807, 2.05) is 13.8 Å². The summed E-state index contributed by atoms with van der Waals surface area (Å²) in [5, 5.41) is 45.1. The summed E-state index contributed by atoms with van der Waals surface area (Å²) in [5.41, 5.74) is -4.05. The van der Waals surface area contributed by atoms with Gasteiger partial charge in [0.2, 0.25) is 0 Å². The largest absolute Gasteiger partial charge is 0.458 e. The molecule has 0 heterocycles. The highest BCUT2D eigenvalue weighted by molar-refractivity contribution is 5.68. The van der Waals surface area contributed by atoms with Gasteiger partial charge >= 0.3 is 11.9 Å². The monoisotopic (exact) mass is 436 g/mol. The molecule has 4 N–H and O–H groups in total. The van der Waals surface area contributed by atoms with E-state index in [1.54, 1.807) is 19.1 Å². The smallest absolute Gasteiger partial charge is 0.303 e. The Labute approximate surface area is 181 Å². The van der Waals surface area contributed by atoms with Crippen molar-refractivity contribution in [2.45, 2.75) is 77.0 Å². The van der Waals surface area contributed by atoms with Crippen LogP contribution in [0.4, 0.5) is 0 Å². The summed E-state index contributed by atoms with van der Waals surface area (Å²) in [6.45, 7) is 7.66. The molecule has 4 aliphatic carbocycles. The molecule has 2 saturated carbocycles. The summed E-state index contributed by atoms with van der Waals surface area (Å²) in [7, 11) is 0. The molecule has 4 aliphatic rings. The predicted molar refractivity (Wildman–Crippen MR) is 108 cm³/mol. The van der Waals surface area contributed by atoms with Crippen LogP contribution in [0, 0.1) is 22.7 Å². The van der Waals surface area contributed by atoms with Crippen molar-refractivity contribution in [2.24, 2.45) is 22.7 Å². The van der Waals surface area contributed by atoms with Gasteiger partial charge in [0.05, 0.1) is 18.1 Å². The molecule has 1 spiro atoms. The summed E-state index contributed by atoms with van der Waals surface area (Å²) in [6.07, 6.45) is -0.0115. The van der Waals surface area contributed by atoms with Crippen LogP contribution in [-0.2, 0) is 19.1 Å². The van der Waals surface area contributed by atoms with Crippen LogP contribution in [0.2, 0.25) is 0 Å². The summed E-state index contributed by atoms with van der Waals surface area (Å²) < 4.78 is 11.3. The molecule has 8 nitrogen and oxygen atoms in total. The molecule has 4 rings (SSSR count). The zero-order chi connectivity index (χ0) is 23.1. The standard InChI is InChI=1S/C23H32O8/c1-11-9-21-6-7-22(31-13(3)26)16(20(22,4)5)15(18(21)28)8-14(10-24)17(27)23(21,29)19(11)30-12(2)25/h8-9,15-19,24,27-29H,6-7,10H2,1-5H3/t15-,16+,17+,18?,19-,21+,22-,23-/m0/s1. The van der Waals surface area contributed by atoms with Crippen LogP contribution in [0.1, 0.15) is 47.5 Å². The lowest BCUT2D eigenvalue weighted by Crippen LogP contribution is -2.64. The van der Waals surface area contributed by atoms with Crippen LogP contribution in [0.15, 0.2) is 23.3 Å². The SMILES string of the molecule is CC(=O)O[C@H]1C(C)=C[C@@]23CC[C@]4(OC(C)=O)[C@H]([C@H](C=C(CO)[C@@H](O)[C@]12O)C3O)C4(C)C. The third kappa shape index (κ3) is 2.56. The van der Waals surface area contributed by atoms with Gasteiger partial charge in [-0.3, -0.25) is 9.59 Å². The number of aliphatic hydroxyl groups is 4. The molecule has 2 fully saturated rings. The van der Waals surface area contributed by atoms with Crippen molar-refractivity contribution in [3.05, 3.63) is 23.3 Å². The lowest BCUT2D eigenvalue weighted by atomic mass is 9.62. The van der Waals surface area contributed by atoms with Gasteiger partial charge in [0.1, 0.15) is 17.3 Å². The normalized spacial score (nSPS) is 47.1. The van der Waals surface area contributed by atoms with Crippen molar-refractivity contribution in [3.63, 3.8) is 0 Å². The van der Waals surface area contributed by atoms with E-state index in [0.29, 0.717) is 12.0 Å². The fourth-order valence-corrected chi connectivity index (χ4v) is 7.17. The lowest BCUT2D eigenvalue weighted by molar-refractivity contribution is -0.213. The Morgan fingerprint density at radius 3 is 2.35 bits per heavy atom. The Hall–Kier alpha value is -1.74. The average Bonchev–Trinajstić information content (AvgIpc) is 3.09. The van der Waals surface area contributed by atoms with Crippen molar-refractivity contribution in [2.75, 3.05) is 6.61 Å². The van der Waals surface area contributed by atoms with Crippen molar-refractivity contribution in [1.29, 1.82) is 0 Å². The minimum absolute atomic E-state index is 0.148. The minimum atomic E-state index is -2.08. The molecule has 0 aromatic heterocycles. The van der Waals surface area contributed by atoms with Gasteiger partial charge in [0.15, 0.2) is 6.10 Å².